The van der Waals surface area contributed by atoms with Gasteiger partial charge in [0.1, 0.15) is 5.75 Å². The Morgan fingerprint density at radius 2 is 1.84 bits per heavy atom. The van der Waals surface area contributed by atoms with Crippen molar-refractivity contribution >= 4 is 21.6 Å². The van der Waals surface area contributed by atoms with Crippen LogP contribution < -0.4 is 9.04 Å². The van der Waals surface area contributed by atoms with Crippen molar-refractivity contribution < 1.29 is 17.9 Å². The molecule has 0 N–H and O–H groups in total. The average Bonchev–Trinajstić information content (AvgIpc) is 2.52. The lowest BCUT2D eigenvalue weighted by Gasteiger charge is -2.26. The fraction of sp³-hybridized carbons (Fsp3) is 0.611. The Balaban J connectivity index is 2.96. The van der Waals surface area contributed by atoms with Crippen LogP contribution in [0.4, 0.5) is 5.69 Å². The molecule has 0 fully saturated rings. The molecule has 0 aromatic heterocycles. The van der Waals surface area contributed by atoms with E-state index in [1.54, 1.807) is 36.2 Å². The number of carbonyl (C=O) groups is 1. The fourth-order valence-corrected chi connectivity index (χ4v) is 3.32. The van der Waals surface area contributed by atoms with E-state index in [2.05, 4.69) is 6.92 Å². The Hall–Kier alpha value is -1.76. The lowest BCUT2D eigenvalue weighted by molar-refractivity contribution is -0.129. The summed E-state index contributed by atoms with van der Waals surface area (Å²) in [6.45, 7) is 6.60. The summed E-state index contributed by atoms with van der Waals surface area (Å²) in [7, 11) is -1.78. The number of ether oxygens (including phenoxy) is 1. The first-order valence-corrected chi connectivity index (χ1v) is 10.5. The molecule has 0 atom stereocenters. The van der Waals surface area contributed by atoms with Crippen LogP contribution in [-0.2, 0) is 14.8 Å². The highest BCUT2D eigenvalue weighted by Crippen LogP contribution is 2.30. The predicted octanol–water partition coefficient (Wildman–Crippen LogP) is 2.89. The van der Waals surface area contributed by atoms with Gasteiger partial charge in [-0.1, -0.05) is 25.5 Å². The van der Waals surface area contributed by atoms with Gasteiger partial charge in [0.05, 0.1) is 18.0 Å². The van der Waals surface area contributed by atoms with Crippen molar-refractivity contribution in [2.45, 2.75) is 46.1 Å². The molecule has 0 spiro atoms. The van der Waals surface area contributed by atoms with Crippen LogP contribution in [-0.4, -0.2) is 51.7 Å². The lowest BCUT2D eigenvalue weighted by atomic mass is 10.2. The van der Waals surface area contributed by atoms with E-state index in [0.29, 0.717) is 18.0 Å². The highest BCUT2D eigenvalue weighted by atomic mass is 32.2. The number of sulfonamides is 1. The number of nitrogens with zero attached hydrogens (tertiary/aromatic N) is 2. The summed E-state index contributed by atoms with van der Waals surface area (Å²) in [6.07, 6.45) is 3.13. The second-order valence-electron chi connectivity index (χ2n) is 6.39. The summed E-state index contributed by atoms with van der Waals surface area (Å²) >= 11 is 0. The second kappa shape index (κ2) is 9.65. The number of benzene rings is 1. The monoisotopic (exact) mass is 370 g/mol. The van der Waals surface area contributed by atoms with Gasteiger partial charge in [0.2, 0.25) is 15.9 Å². The number of para-hydroxylation sites is 2. The maximum absolute atomic E-state index is 12.3. The summed E-state index contributed by atoms with van der Waals surface area (Å²) in [4.78, 5) is 13.9. The summed E-state index contributed by atoms with van der Waals surface area (Å²) in [5.41, 5.74) is 0.461. The van der Waals surface area contributed by atoms with Crippen LogP contribution in [0.15, 0.2) is 24.3 Å². The molecule has 0 aliphatic rings. The fourth-order valence-electron chi connectivity index (χ4n) is 2.39. The topological polar surface area (TPSA) is 66.9 Å². The molecule has 0 saturated heterocycles. The van der Waals surface area contributed by atoms with Gasteiger partial charge in [-0.25, -0.2) is 8.42 Å². The van der Waals surface area contributed by atoms with Crippen LogP contribution in [0.5, 0.6) is 5.75 Å². The third-order valence-corrected chi connectivity index (χ3v) is 4.88. The second-order valence-corrected chi connectivity index (χ2v) is 8.30. The standard InChI is InChI=1S/C18H30N2O4S/c1-6-7-13-19(4)18(21)12-14-20(25(5,22)23)16-10-8-9-11-17(16)24-15(2)3/h8-11,15H,6-7,12-14H2,1-5H3. The number of hydrogen-bond donors (Lipinski definition) is 0. The molecule has 0 saturated carbocycles. The van der Waals surface area contributed by atoms with E-state index in [9.17, 15) is 13.2 Å². The zero-order valence-electron chi connectivity index (χ0n) is 15.9. The molecular formula is C18H30N2O4S. The van der Waals surface area contributed by atoms with Gasteiger partial charge >= 0.3 is 0 Å². The van der Waals surface area contributed by atoms with Gasteiger partial charge in [0, 0.05) is 26.6 Å². The molecule has 0 heterocycles. The zero-order valence-corrected chi connectivity index (χ0v) is 16.7. The number of amides is 1. The van der Waals surface area contributed by atoms with Crippen LogP contribution in [0, 0.1) is 0 Å². The largest absolute Gasteiger partial charge is 0.489 e. The molecular weight excluding hydrogens is 340 g/mol. The Bertz CT molecular complexity index is 659. The molecule has 0 unspecified atom stereocenters. The Morgan fingerprint density at radius 3 is 2.40 bits per heavy atom. The Labute approximate surface area is 151 Å². The maximum atomic E-state index is 12.3. The van der Waals surface area contributed by atoms with Crippen LogP contribution in [0.2, 0.25) is 0 Å². The van der Waals surface area contributed by atoms with E-state index < -0.39 is 10.0 Å². The first-order chi connectivity index (χ1) is 11.7. The van der Waals surface area contributed by atoms with Gasteiger partial charge in [0.25, 0.3) is 0 Å². The van der Waals surface area contributed by atoms with Crippen LogP contribution in [0.1, 0.15) is 40.0 Å². The molecule has 1 aromatic rings. The minimum atomic E-state index is -3.53. The SMILES string of the molecule is CCCCN(C)C(=O)CCN(c1ccccc1OC(C)C)S(C)(=O)=O. The molecule has 25 heavy (non-hydrogen) atoms. The van der Waals surface area contributed by atoms with Crippen molar-refractivity contribution in [3.8, 4) is 5.75 Å². The molecule has 0 aliphatic heterocycles. The van der Waals surface area contributed by atoms with Gasteiger partial charge < -0.3 is 9.64 Å². The number of unbranched alkanes of at least 4 members (excludes halogenated alkanes) is 1. The van der Waals surface area contributed by atoms with Crippen molar-refractivity contribution in [2.24, 2.45) is 0 Å². The highest BCUT2D eigenvalue weighted by Gasteiger charge is 2.23. The molecule has 1 rings (SSSR count). The number of rotatable bonds is 10. The van der Waals surface area contributed by atoms with Crippen molar-refractivity contribution in [1.29, 1.82) is 0 Å². The average molecular weight is 371 g/mol. The van der Waals surface area contributed by atoms with E-state index in [-0.39, 0.29) is 25.0 Å². The molecule has 142 valence electrons. The first kappa shape index (κ1) is 21.3. The van der Waals surface area contributed by atoms with Crippen LogP contribution in [0.3, 0.4) is 0 Å². The van der Waals surface area contributed by atoms with Crippen molar-refractivity contribution in [1.82, 2.24) is 4.90 Å². The van der Waals surface area contributed by atoms with Gasteiger partial charge in [-0.15, -0.1) is 0 Å². The smallest absolute Gasteiger partial charge is 0.232 e. The molecule has 7 heteroatoms. The third kappa shape index (κ3) is 6.94. The Kier molecular flexibility index (Phi) is 8.22. The molecule has 0 bridgehead atoms. The lowest BCUT2D eigenvalue weighted by Crippen LogP contribution is -2.36. The predicted molar refractivity (Wildman–Crippen MR) is 102 cm³/mol. The minimum Gasteiger partial charge on any atom is -0.489 e. The number of carbonyl (C=O) groups excluding carboxylic acids is 1. The summed E-state index contributed by atoms with van der Waals surface area (Å²) in [5, 5.41) is 0. The van der Waals surface area contributed by atoms with Crippen LogP contribution in [0.25, 0.3) is 0 Å². The van der Waals surface area contributed by atoms with Crippen molar-refractivity contribution in [3.05, 3.63) is 24.3 Å². The number of hydrogen-bond acceptors (Lipinski definition) is 4. The third-order valence-electron chi connectivity index (χ3n) is 3.70. The quantitative estimate of drug-likeness (QED) is 0.635. The van der Waals surface area contributed by atoms with Gasteiger partial charge in [-0.3, -0.25) is 9.10 Å². The van der Waals surface area contributed by atoms with E-state index in [4.69, 9.17) is 4.74 Å². The molecule has 1 aromatic carbocycles. The minimum absolute atomic E-state index is 0.0654. The van der Waals surface area contributed by atoms with E-state index in [1.165, 1.54) is 4.31 Å². The highest BCUT2D eigenvalue weighted by molar-refractivity contribution is 7.92. The Morgan fingerprint density at radius 1 is 1.20 bits per heavy atom. The van der Waals surface area contributed by atoms with E-state index in [0.717, 1.165) is 19.1 Å². The zero-order chi connectivity index (χ0) is 19.0. The van der Waals surface area contributed by atoms with E-state index in [1.807, 2.05) is 13.8 Å². The molecule has 0 radical (unpaired) electrons. The van der Waals surface area contributed by atoms with Gasteiger partial charge in [0.15, 0.2) is 0 Å². The van der Waals surface area contributed by atoms with Crippen molar-refractivity contribution in [3.63, 3.8) is 0 Å². The van der Waals surface area contributed by atoms with Crippen LogP contribution >= 0.6 is 0 Å². The number of anilines is 1. The van der Waals surface area contributed by atoms with Crippen molar-refractivity contribution in [2.75, 3.05) is 30.7 Å². The normalized spacial score (nSPS) is 11.4. The molecule has 1 amide bonds. The maximum Gasteiger partial charge on any atom is 0.232 e. The van der Waals surface area contributed by atoms with Gasteiger partial charge in [-0.2, -0.15) is 0 Å². The molecule has 0 aliphatic carbocycles. The first-order valence-electron chi connectivity index (χ1n) is 8.64. The summed E-state index contributed by atoms with van der Waals surface area (Å²) in [6, 6.07) is 6.99. The van der Waals surface area contributed by atoms with Gasteiger partial charge in [-0.05, 0) is 32.4 Å². The van der Waals surface area contributed by atoms with E-state index >= 15 is 0 Å². The molecule has 6 nitrogen and oxygen atoms in total. The summed E-state index contributed by atoms with van der Waals surface area (Å²) < 4.78 is 31.5. The summed E-state index contributed by atoms with van der Waals surface area (Å²) in [5.74, 6) is 0.430.